The molecule has 0 aliphatic carbocycles. The number of aromatic nitrogens is 1. The van der Waals surface area contributed by atoms with Gasteiger partial charge in [0.1, 0.15) is 11.9 Å². The minimum absolute atomic E-state index is 0.159. The van der Waals surface area contributed by atoms with E-state index < -0.39 is 5.97 Å². The zero-order chi connectivity index (χ0) is 19.4. The molecule has 1 aromatic carbocycles. The summed E-state index contributed by atoms with van der Waals surface area (Å²) in [6, 6.07) is 7.95. The Morgan fingerprint density at radius 3 is 2.78 bits per heavy atom. The van der Waals surface area contributed by atoms with Crippen molar-refractivity contribution in [1.82, 2.24) is 4.98 Å². The van der Waals surface area contributed by atoms with Crippen LogP contribution in [0.5, 0.6) is 0 Å². The molecule has 6 nitrogen and oxygen atoms in total. The van der Waals surface area contributed by atoms with Crippen LogP contribution in [0, 0.1) is 0 Å². The van der Waals surface area contributed by atoms with Gasteiger partial charge in [-0.1, -0.05) is 23.2 Å². The molecule has 1 saturated heterocycles. The van der Waals surface area contributed by atoms with Gasteiger partial charge in [-0.15, -0.1) is 0 Å². The molecule has 1 aliphatic heterocycles. The maximum atomic E-state index is 12.7. The molecule has 1 atom stereocenters. The molecule has 0 unspecified atom stereocenters. The normalized spacial score (nSPS) is 16.3. The van der Waals surface area contributed by atoms with E-state index in [-0.39, 0.29) is 11.9 Å². The van der Waals surface area contributed by atoms with E-state index in [4.69, 9.17) is 27.9 Å². The molecule has 0 spiro atoms. The van der Waals surface area contributed by atoms with Crippen LogP contribution in [-0.2, 0) is 9.53 Å². The van der Waals surface area contributed by atoms with Gasteiger partial charge in [0.05, 0.1) is 22.9 Å². The molecule has 0 radical (unpaired) electrons. The molecule has 1 aromatic heterocycles. The summed E-state index contributed by atoms with van der Waals surface area (Å²) in [5.41, 5.74) is 0.900. The first-order valence-corrected chi connectivity index (χ1v) is 9.41. The smallest absolute Gasteiger partial charge is 0.339 e. The Hall–Kier alpha value is -2.31. The second-order valence-corrected chi connectivity index (χ2v) is 6.93. The van der Waals surface area contributed by atoms with Crippen LogP contribution in [0.4, 0.5) is 11.5 Å². The largest absolute Gasteiger partial charge is 0.462 e. The van der Waals surface area contributed by atoms with Crippen LogP contribution in [0.2, 0.25) is 10.0 Å². The summed E-state index contributed by atoms with van der Waals surface area (Å²) in [4.78, 5) is 30.8. The Morgan fingerprint density at radius 1 is 1.30 bits per heavy atom. The van der Waals surface area contributed by atoms with E-state index in [2.05, 4.69) is 10.3 Å². The number of carbonyl (C=O) groups is 2. The molecule has 1 fully saturated rings. The van der Waals surface area contributed by atoms with Gasteiger partial charge in [-0.2, -0.15) is 0 Å². The first kappa shape index (κ1) is 19.5. The van der Waals surface area contributed by atoms with Gasteiger partial charge in [-0.05, 0) is 50.1 Å². The van der Waals surface area contributed by atoms with Gasteiger partial charge in [0.2, 0.25) is 5.91 Å². The van der Waals surface area contributed by atoms with E-state index in [1.807, 2.05) is 4.90 Å². The second-order valence-electron chi connectivity index (χ2n) is 6.09. The molecule has 1 N–H and O–H groups in total. The monoisotopic (exact) mass is 407 g/mol. The summed E-state index contributed by atoms with van der Waals surface area (Å²) in [6.07, 6.45) is 3.04. The Kier molecular flexibility index (Phi) is 6.19. The predicted octanol–water partition coefficient (Wildman–Crippen LogP) is 4.17. The molecule has 142 valence electrons. The van der Waals surface area contributed by atoms with Crippen molar-refractivity contribution < 1.29 is 14.3 Å². The lowest BCUT2D eigenvalue weighted by atomic mass is 10.2. The van der Waals surface area contributed by atoms with E-state index >= 15 is 0 Å². The van der Waals surface area contributed by atoms with Crippen LogP contribution in [0.25, 0.3) is 0 Å². The highest BCUT2D eigenvalue weighted by Gasteiger charge is 2.32. The molecule has 2 heterocycles. The number of amides is 1. The molecule has 1 aliphatic rings. The summed E-state index contributed by atoms with van der Waals surface area (Å²) >= 11 is 12.0. The van der Waals surface area contributed by atoms with E-state index in [9.17, 15) is 9.59 Å². The fourth-order valence-corrected chi connectivity index (χ4v) is 3.47. The number of benzene rings is 1. The maximum Gasteiger partial charge on any atom is 0.339 e. The third-order valence-corrected chi connectivity index (χ3v) is 4.85. The number of ether oxygens (including phenoxy) is 1. The van der Waals surface area contributed by atoms with Crippen molar-refractivity contribution >= 4 is 46.6 Å². The van der Waals surface area contributed by atoms with E-state index in [1.165, 1.54) is 6.20 Å². The zero-order valence-corrected chi connectivity index (χ0v) is 16.3. The number of hydrogen-bond donors (Lipinski definition) is 1. The number of carbonyl (C=O) groups excluding carboxylic acids is 2. The highest BCUT2D eigenvalue weighted by molar-refractivity contribution is 6.36. The number of esters is 1. The average Bonchev–Trinajstić information content (AvgIpc) is 3.14. The molecule has 1 amide bonds. The molecule has 3 rings (SSSR count). The Balaban J connectivity index is 1.72. The Labute approximate surface area is 167 Å². The SMILES string of the molecule is CCOC(=O)c1ccc(N2CCC[C@@H]2C(=O)Nc2ccc(Cl)cc2Cl)nc1. The molecular weight excluding hydrogens is 389 g/mol. The van der Waals surface area contributed by atoms with Crippen molar-refractivity contribution in [2.45, 2.75) is 25.8 Å². The topological polar surface area (TPSA) is 71.5 Å². The third-order valence-electron chi connectivity index (χ3n) is 4.30. The van der Waals surface area contributed by atoms with Crippen LogP contribution >= 0.6 is 23.2 Å². The molecule has 8 heteroatoms. The maximum absolute atomic E-state index is 12.7. The Morgan fingerprint density at radius 2 is 2.11 bits per heavy atom. The van der Waals surface area contributed by atoms with E-state index in [0.717, 1.165) is 6.42 Å². The van der Waals surface area contributed by atoms with E-state index in [1.54, 1.807) is 37.3 Å². The van der Waals surface area contributed by atoms with Crippen molar-refractivity contribution in [3.05, 3.63) is 52.1 Å². The summed E-state index contributed by atoms with van der Waals surface area (Å²) in [5, 5.41) is 3.74. The summed E-state index contributed by atoms with van der Waals surface area (Å²) in [5.74, 6) is 0.0699. The number of anilines is 2. The number of nitrogens with one attached hydrogen (secondary N) is 1. The van der Waals surface area contributed by atoms with Gasteiger partial charge in [-0.3, -0.25) is 4.79 Å². The molecule has 0 saturated carbocycles. The fourth-order valence-electron chi connectivity index (χ4n) is 3.01. The van der Waals surface area contributed by atoms with Gasteiger partial charge in [0.15, 0.2) is 0 Å². The quantitative estimate of drug-likeness (QED) is 0.752. The van der Waals surface area contributed by atoms with Gasteiger partial charge >= 0.3 is 5.97 Å². The van der Waals surface area contributed by atoms with Crippen molar-refractivity contribution in [3.8, 4) is 0 Å². The summed E-state index contributed by atoms with van der Waals surface area (Å²) in [6.45, 7) is 2.76. The minimum atomic E-state index is -0.412. The molecule has 27 heavy (non-hydrogen) atoms. The number of halogens is 2. The molecule has 2 aromatic rings. The van der Waals surface area contributed by atoms with Crippen molar-refractivity contribution in [1.29, 1.82) is 0 Å². The first-order valence-electron chi connectivity index (χ1n) is 8.65. The average molecular weight is 408 g/mol. The van der Waals surface area contributed by atoms with Crippen molar-refractivity contribution in [3.63, 3.8) is 0 Å². The predicted molar refractivity (Wildman–Crippen MR) is 106 cm³/mol. The van der Waals surface area contributed by atoms with Gasteiger partial charge in [0, 0.05) is 17.8 Å². The number of nitrogens with zero attached hydrogens (tertiary/aromatic N) is 2. The van der Waals surface area contributed by atoms with Crippen LogP contribution < -0.4 is 10.2 Å². The molecular formula is C19H19Cl2N3O3. The fraction of sp³-hybridized carbons (Fsp3) is 0.316. The summed E-state index contributed by atoms with van der Waals surface area (Å²) in [7, 11) is 0. The van der Waals surface area contributed by atoms with Crippen LogP contribution in [0.3, 0.4) is 0 Å². The first-order chi connectivity index (χ1) is 13.0. The summed E-state index contributed by atoms with van der Waals surface area (Å²) < 4.78 is 4.96. The standard InChI is InChI=1S/C19H19Cl2N3O3/c1-2-27-19(26)12-5-8-17(22-11-12)24-9-3-4-16(24)18(25)23-15-7-6-13(20)10-14(15)21/h5-8,10-11,16H,2-4,9H2,1H3,(H,23,25)/t16-/m1/s1. The third kappa shape index (κ3) is 4.51. The lowest BCUT2D eigenvalue weighted by Crippen LogP contribution is -2.40. The highest BCUT2D eigenvalue weighted by atomic mass is 35.5. The minimum Gasteiger partial charge on any atom is -0.462 e. The van der Waals surface area contributed by atoms with Crippen LogP contribution in [0.1, 0.15) is 30.1 Å². The number of rotatable bonds is 5. The van der Waals surface area contributed by atoms with Gasteiger partial charge in [-0.25, -0.2) is 9.78 Å². The number of pyridine rings is 1. The highest BCUT2D eigenvalue weighted by Crippen LogP contribution is 2.28. The van der Waals surface area contributed by atoms with Gasteiger partial charge in [0.25, 0.3) is 0 Å². The van der Waals surface area contributed by atoms with Crippen molar-refractivity contribution in [2.24, 2.45) is 0 Å². The number of hydrogen-bond acceptors (Lipinski definition) is 5. The second kappa shape index (κ2) is 8.59. The molecule has 0 bridgehead atoms. The van der Waals surface area contributed by atoms with E-state index in [0.29, 0.717) is 46.7 Å². The lowest BCUT2D eigenvalue weighted by molar-refractivity contribution is -0.117. The van der Waals surface area contributed by atoms with Crippen molar-refractivity contribution in [2.75, 3.05) is 23.4 Å². The lowest BCUT2D eigenvalue weighted by Gasteiger charge is -2.25. The van der Waals surface area contributed by atoms with Crippen LogP contribution in [-0.4, -0.2) is 36.1 Å². The van der Waals surface area contributed by atoms with Crippen LogP contribution in [0.15, 0.2) is 36.5 Å². The van der Waals surface area contributed by atoms with Gasteiger partial charge < -0.3 is 15.0 Å². The zero-order valence-electron chi connectivity index (χ0n) is 14.7. The Bertz CT molecular complexity index is 843.